The first kappa shape index (κ1) is 27.4. The average Bonchev–Trinajstić information content (AvgIpc) is 2.86. The molecular formula is C26H28O8S2. The minimum Gasteiger partial charge on any atom is -0.508 e. The maximum Gasteiger partial charge on any atom is 0.448 e. The number of phenols is 1. The first-order chi connectivity index (χ1) is 17.2. The molecule has 8 nitrogen and oxygen atoms in total. The minimum atomic E-state index is -4.05. The van der Waals surface area contributed by atoms with E-state index in [4.69, 9.17) is 8.92 Å². The standard InChI is InChI=1S/C26H28O8S2/c1-32-36(30,31)34-24-12-10-23(11-13-24)33-16-14-19-2-4-21(5-3-19)18-25(26(28)29)35-17-15-20-6-8-22(27)9-7-20/h2-13,25,27H,14-18H2,1H3,(H,28,29)/t25-/m0/s1. The van der Waals surface area contributed by atoms with Gasteiger partial charge in [0.25, 0.3) is 0 Å². The molecule has 3 aromatic carbocycles. The van der Waals surface area contributed by atoms with Crippen LogP contribution in [0.3, 0.4) is 0 Å². The molecule has 3 aromatic rings. The van der Waals surface area contributed by atoms with Gasteiger partial charge in [-0.3, -0.25) is 4.79 Å². The van der Waals surface area contributed by atoms with Gasteiger partial charge in [-0.2, -0.15) is 8.42 Å². The zero-order valence-electron chi connectivity index (χ0n) is 19.7. The number of aromatic hydroxyl groups is 1. The van der Waals surface area contributed by atoms with Crippen LogP contribution in [-0.4, -0.2) is 49.3 Å². The molecule has 2 N–H and O–H groups in total. The van der Waals surface area contributed by atoms with Gasteiger partial charge in [-0.1, -0.05) is 36.4 Å². The highest BCUT2D eigenvalue weighted by atomic mass is 32.3. The number of hydrogen-bond donors (Lipinski definition) is 2. The number of benzene rings is 3. The summed E-state index contributed by atoms with van der Waals surface area (Å²) >= 11 is 1.41. The van der Waals surface area contributed by atoms with Gasteiger partial charge < -0.3 is 19.1 Å². The molecule has 3 rings (SSSR count). The van der Waals surface area contributed by atoms with E-state index in [-0.39, 0.29) is 11.5 Å². The Kier molecular flexibility index (Phi) is 10.0. The Balaban J connectivity index is 1.43. The third-order valence-corrected chi connectivity index (χ3v) is 7.27. The van der Waals surface area contributed by atoms with Crippen molar-refractivity contribution in [1.82, 2.24) is 0 Å². The van der Waals surface area contributed by atoms with Gasteiger partial charge >= 0.3 is 16.4 Å². The molecule has 0 radical (unpaired) electrons. The smallest absolute Gasteiger partial charge is 0.448 e. The first-order valence-electron chi connectivity index (χ1n) is 11.2. The van der Waals surface area contributed by atoms with Crippen molar-refractivity contribution in [2.45, 2.75) is 24.5 Å². The van der Waals surface area contributed by atoms with Crippen LogP contribution in [0.1, 0.15) is 16.7 Å². The fourth-order valence-corrected chi connectivity index (χ4v) is 4.79. The van der Waals surface area contributed by atoms with Crippen molar-refractivity contribution in [1.29, 1.82) is 0 Å². The van der Waals surface area contributed by atoms with Crippen molar-refractivity contribution >= 4 is 28.1 Å². The highest BCUT2D eigenvalue weighted by molar-refractivity contribution is 8.00. The molecule has 0 bridgehead atoms. The van der Waals surface area contributed by atoms with Crippen molar-refractivity contribution in [3.63, 3.8) is 0 Å². The van der Waals surface area contributed by atoms with E-state index in [9.17, 15) is 23.4 Å². The fourth-order valence-electron chi connectivity index (χ4n) is 3.29. The lowest BCUT2D eigenvalue weighted by atomic mass is 10.1. The van der Waals surface area contributed by atoms with Crippen LogP contribution in [0, 0.1) is 0 Å². The number of hydrogen-bond acceptors (Lipinski definition) is 8. The third kappa shape index (κ3) is 9.10. The second kappa shape index (κ2) is 13.2. The maximum absolute atomic E-state index is 11.7. The number of carboxylic acid groups (broad SMARTS) is 1. The quantitative estimate of drug-likeness (QED) is 0.314. The highest BCUT2D eigenvalue weighted by Gasteiger charge is 2.18. The van der Waals surface area contributed by atoms with E-state index in [0.29, 0.717) is 31.0 Å². The van der Waals surface area contributed by atoms with Crippen molar-refractivity contribution in [3.8, 4) is 17.2 Å². The average molecular weight is 533 g/mol. The van der Waals surface area contributed by atoms with Gasteiger partial charge in [0.2, 0.25) is 0 Å². The van der Waals surface area contributed by atoms with Crippen LogP contribution in [0.5, 0.6) is 17.2 Å². The minimum absolute atomic E-state index is 0.123. The third-order valence-electron chi connectivity index (χ3n) is 5.25. The summed E-state index contributed by atoms with van der Waals surface area (Å²) in [7, 11) is -3.04. The molecule has 10 heteroatoms. The van der Waals surface area contributed by atoms with Crippen molar-refractivity contribution in [2.75, 3.05) is 19.5 Å². The largest absolute Gasteiger partial charge is 0.508 e. The Hall–Kier alpha value is -3.21. The zero-order valence-corrected chi connectivity index (χ0v) is 21.3. The van der Waals surface area contributed by atoms with Crippen LogP contribution in [-0.2, 0) is 38.6 Å². The molecule has 192 valence electrons. The molecule has 0 aliphatic heterocycles. The number of ether oxygens (including phenoxy) is 1. The van der Waals surface area contributed by atoms with Crippen LogP contribution in [0.25, 0.3) is 0 Å². The summed E-state index contributed by atoms with van der Waals surface area (Å²) in [5, 5.41) is 18.4. The number of carboxylic acids is 1. The summed E-state index contributed by atoms with van der Waals surface area (Å²) in [5.41, 5.74) is 3.06. The van der Waals surface area contributed by atoms with Gasteiger partial charge in [0.1, 0.15) is 22.5 Å². The molecule has 0 aliphatic carbocycles. The second-order valence-corrected chi connectivity index (χ2v) is 10.5. The Morgan fingerprint density at radius 1 is 0.861 bits per heavy atom. The highest BCUT2D eigenvalue weighted by Crippen LogP contribution is 2.21. The van der Waals surface area contributed by atoms with E-state index in [1.807, 2.05) is 36.4 Å². The topological polar surface area (TPSA) is 119 Å². The van der Waals surface area contributed by atoms with Gasteiger partial charge in [0.15, 0.2) is 0 Å². The molecule has 0 amide bonds. The van der Waals surface area contributed by atoms with E-state index in [0.717, 1.165) is 30.2 Å². The number of rotatable bonds is 14. The summed E-state index contributed by atoms with van der Waals surface area (Å²) < 4.78 is 37.3. The van der Waals surface area contributed by atoms with Crippen LogP contribution in [0.4, 0.5) is 0 Å². The first-order valence-corrected chi connectivity index (χ1v) is 13.6. The van der Waals surface area contributed by atoms with Crippen LogP contribution >= 0.6 is 11.8 Å². The molecule has 1 atom stereocenters. The Labute approximate surface area is 215 Å². The van der Waals surface area contributed by atoms with Crippen molar-refractivity contribution in [3.05, 3.63) is 89.5 Å². The Morgan fingerprint density at radius 2 is 1.42 bits per heavy atom. The summed E-state index contributed by atoms with van der Waals surface area (Å²) in [5.74, 6) is 0.749. The van der Waals surface area contributed by atoms with E-state index >= 15 is 0 Å². The second-order valence-electron chi connectivity index (χ2n) is 7.86. The fraction of sp³-hybridized carbons (Fsp3) is 0.269. The number of aryl methyl sites for hydroxylation is 1. The molecule has 0 saturated heterocycles. The normalized spacial score (nSPS) is 12.1. The van der Waals surface area contributed by atoms with Gasteiger partial charge in [0, 0.05) is 6.42 Å². The SMILES string of the molecule is COS(=O)(=O)Oc1ccc(OCCc2ccc(C[C@H](SCCc3ccc(O)cc3)C(=O)O)cc2)cc1. The molecule has 0 fully saturated rings. The lowest BCUT2D eigenvalue weighted by Crippen LogP contribution is -2.20. The summed E-state index contributed by atoms with van der Waals surface area (Å²) in [4.78, 5) is 11.7. The predicted octanol–water partition coefficient (Wildman–Crippen LogP) is 4.26. The Morgan fingerprint density at radius 3 is 2.03 bits per heavy atom. The van der Waals surface area contributed by atoms with E-state index in [1.165, 1.54) is 23.9 Å². The number of thioether (sulfide) groups is 1. The molecule has 0 saturated carbocycles. The van der Waals surface area contributed by atoms with Crippen LogP contribution < -0.4 is 8.92 Å². The van der Waals surface area contributed by atoms with Gasteiger partial charge in [-0.15, -0.1) is 11.8 Å². The van der Waals surface area contributed by atoms with Crippen molar-refractivity contribution < 1.29 is 36.5 Å². The molecule has 0 aliphatic rings. The molecule has 0 unspecified atom stereocenters. The maximum atomic E-state index is 11.7. The lowest BCUT2D eigenvalue weighted by Gasteiger charge is -2.13. The predicted molar refractivity (Wildman–Crippen MR) is 138 cm³/mol. The molecule has 0 spiro atoms. The van der Waals surface area contributed by atoms with E-state index < -0.39 is 21.6 Å². The summed E-state index contributed by atoms with van der Waals surface area (Å²) in [6.45, 7) is 0.417. The van der Waals surface area contributed by atoms with Gasteiger partial charge in [-0.05, 0) is 71.7 Å². The molecule has 0 aromatic heterocycles. The molecule has 36 heavy (non-hydrogen) atoms. The van der Waals surface area contributed by atoms with Crippen LogP contribution in [0.2, 0.25) is 0 Å². The lowest BCUT2D eigenvalue weighted by molar-refractivity contribution is -0.136. The number of aliphatic carboxylic acids is 1. The number of carbonyl (C=O) groups is 1. The monoisotopic (exact) mass is 532 g/mol. The van der Waals surface area contributed by atoms with E-state index in [2.05, 4.69) is 4.18 Å². The van der Waals surface area contributed by atoms with Crippen LogP contribution in [0.15, 0.2) is 72.8 Å². The summed E-state index contributed by atoms with van der Waals surface area (Å²) in [6, 6.07) is 20.9. The van der Waals surface area contributed by atoms with E-state index in [1.54, 1.807) is 24.3 Å². The molecular weight excluding hydrogens is 504 g/mol. The van der Waals surface area contributed by atoms with Gasteiger partial charge in [0.05, 0.1) is 13.7 Å². The number of phenolic OH excluding ortho intramolecular Hbond substituents is 1. The van der Waals surface area contributed by atoms with Crippen molar-refractivity contribution in [2.24, 2.45) is 0 Å². The van der Waals surface area contributed by atoms with Gasteiger partial charge in [-0.25, -0.2) is 4.18 Å². The summed E-state index contributed by atoms with van der Waals surface area (Å²) in [6.07, 6.45) is 1.82. The molecule has 0 heterocycles. The Bertz CT molecular complexity index is 1210. The zero-order chi connectivity index (χ0) is 26.0.